The van der Waals surface area contributed by atoms with Crippen LogP contribution >= 0.6 is 0 Å². The number of pyridine rings is 1. The number of fused-ring (bicyclic) bond motifs is 1. The van der Waals surface area contributed by atoms with Crippen molar-refractivity contribution in [2.75, 3.05) is 30.9 Å². The fraction of sp³-hybridized carbons (Fsp3) is 0.560. The van der Waals surface area contributed by atoms with Gasteiger partial charge in [0.25, 0.3) is 5.88 Å². The Morgan fingerprint density at radius 2 is 1.88 bits per heavy atom. The summed E-state index contributed by atoms with van der Waals surface area (Å²) in [6.45, 7) is 7.32. The molecule has 0 amide bonds. The van der Waals surface area contributed by atoms with Crippen molar-refractivity contribution in [2.24, 2.45) is 11.8 Å². The number of anilines is 2. The van der Waals surface area contributed by atoms with Gasteiger partial charge in [0.2, 0.25) is 5.95 Å². The number of aryl methyl sites for hydroxylation is 2. The van der Waals surface area contributed by atoms with Crippen molar-refractivity contribution in [2.45, 2.75) is 58.9 Å². The number of methoxy groups -OCH3 is 1. The summed E-state index contributed by atoms with van der Waals surface area (Å²) in [5.41, 5.74) is 3.80. The molecule has 8 nitrogen and oxygen atoms in total. The predicted octanol–water partition coefficient (Wildman–Crippen LogP) is 4.63. The van der Waals surface area contributed by atoms with Crippen LogP contribution in [0.3, 0.4) is 0 Å². The van der Waals surface area contributed by atoms with E-state index in [0.717, 1.165) is 65.8 Å². The molecular weight excluding hydrogens is 418 g/mol. The maximum absolute atomic E-state index is 9.26. The molecule has 0 saturated heterocycles. The lowest BCUT2D eigenvalue weighted by Crippen LogP contribution is -2.19. The largest absolute Gasteiger partial charge is 0.478 e. The highest BCUT2D eigenvalue weighted by molar-refractivity contribution is 5.81. The van der Waals surface area contributed by atoms with Gasteiger partial charge in [0.05, 0.1) is 13.4 Å². The topological polar surface area (TPSA) is 105 Å². The maximum Gasteiger partial charge on any atom is 0.258 e. The van der Waals surface area contributed by atoms with Crippen molar-refractivity contribution >= 4 is 22.7 Å². The fourth-order valence-corrected chi connectivity index (χ4v) is 4.18. The second kappa shape index (κ2) is 10.4. The van der Waals surface area contributed by atoms with E-state index in [4.69, 9.17) is 9.15 Å². The van der Waals surface area contributed by atoms with Crippen LogP contribution in [-0.4, -0.2) is 46.4 Å². The van der Waals surface area contributed by atoms with Gasteiger partial charge in [-0.2, -0.15) is 4.98 Å². The van der Waals surface area contributed by atoms with E-state index in [2.05, 4.69) is 32.5 Å². The molecule has 2 atom stereocenters. The first-order valence-corrected chi connectivity index (χ1v) is 11.8. The lowest BCUT2D eigenvalue weighted by molar-refractivity contribution is 0.229. The molecule has 2 saturated carbocycles. The smallest absolute Gasteiger partial charge is 0.258 e. The Morgan fingerprint density at radius 3 is 2.58 bits per heavy atom. The van der Waals surface area contributed by atoms with E-state index in [1.165, 1.54) is 12.8 Å². The lowest BCUT2D eigenvalue weighted by atomic mass is 10.1. The van der Waals surface area contributed by atoms with Crippen LogP contribution in [0.15, 0.2) is 22.8 Å². The lowest BCUT2D eigenvalue weighted by Gasteiger charge is -2.17. The van der Waals surface area contributed by atoms with Gasteiger partial charge in [-0.1, -0.05) is 0 Å². The molecule has 3 N–H and O–H groups in total. The normalized spacial score (nSPS) is 19.8. The molecule has 0 aromatic carbocycles. The SMILES string of the molecule is COc1nc(C)cc2ccoc12.Cc1nc(NCC2CC2)nc(NC2CCC(CO)C2)c1C. The molecule has 3 aromatic heterocycles. The number of aliphatic hydroxyl groups excluding tert-OH is 1. The van der Waals surface area contributed by atoms with Crippen LogP contribution in [0.2, 0.25) is 0 Å². The van der Waals surface area contributed by atoms with Gasteiger partial charge in [-0.25, -0.2) is 9.97 Å². The van der Waals surface area contributed by atoms with Crippen LogP contribution in [0, 0.1) is 32.6 Å². The van der Waals surface area contributed by atoms with Crippen molar-refractivity contribution in [3.63, 3.8) is 0 Å². The summed E-state index contributed by atoms with van der Waals surface area (Å²) in [5.74, 6) is 3.49. The summed E-state index contributed by atoms with van der Waals surface area (Å²) in [4.78, 5) is 13.4. The number of rotatable bonds is 7. The molecule has 3 heterocycles. The number of hydrogen-bond donors (Lipinski definition) is 3. The quantitative estimate of drug-likeness (QED) is 0.475. The number of aliphatic hydroxyl groups is 1. The minimum absolute atomic E-state index is 0.300. The monoisotopic (exact) mass is 453 g/mol. The zero-order valence-electron chi connectivity index (χ0n) is 20.0. The number of furan rings is 1. The van der Waals surface area contributed by atoms with Crippen LogP contribution in [-0.2, 0) is 0 Å². The highest BCUT2D eigenvalue weighted by atomic mass is 16.5. The minimum Gasteiger partial charge on any atom is -0.478 e. The van der Waals surface area contributed by atoms with Crippen molar-refractivity contribution in [3.8, 4) is 5.88 Å². The number of nitrogens with zero attached hydrogens (tertiary/aromatic N) is 3. The standard InChI is InChI=1S/C16H26N4O.C9H9NO2/c1-10-11(2)18-16(17-8-12-3-4-12)20-15(10)19-14-6-5-13(7-14)9-21;1-6-5-7-3-4-12-8(7)9(10-6)11-2/h12-14,21H,3-9H2,1-2H3,(H2,17,18,19,20);3-5H,1-2H3. The minimum atomic E-state index is 0.300. The Kier molecular flexibility index (Phi) is 7.33. The van der Waals surface area contributed by atoms with Crippen LogP contribution < -0.4 is 15.4 Å². The summed E-state index contributed by atoms with van der Waals surface area (Å²) < 4.78 is 10.3. The van der Waals surface area contributed by atoms with E-state index in [0.29, 0.717) is 30.0 Å². The average molecular weight is 454 g/mol. The van der Waals surface area contributed by atoms with Gasteiger partial charge in [-0.3, -0.25) is 0 Å². The van der Waals surface area contributed by atoms with Gasteiger partial charge in [-0.05, 0) is 76.8 Å². The first-order chi connectivity index (χ1) is 16.0. The van der Waals surface area contributed by atoms with Crippen LogP contribution in [0.4, 0.5) is 11.8 Å². The molecular formula is C25H35N5O3. The van der Waals surface area contributed by atoms with Gasteiger partial charge >= 0.3 is 0 Å². The highest BCUT2D eigenvalue weighted by Gasteiger charge is 2.25. The number of hydrogen-bond acceptors (Lipinski definition) is 8. The Bertz CT molecular complexity index is 1080. The Hall–Kier alpha value is -2.87. The van der Waals surface area contributed by atoms with E-state index in [-0.39, 0.29) is 0 Å². The van der Waals surface area contributed by atoms with E-state index >= 15 is 0 Å². The van der Waals surface area contributed by atoms with Crippen molar-refractivity contribution in [3.05, 3.63) is 35.3 Å². The van der Waals surface area contributed by atoms with E-state index in [9.17, 15) is 5.11 Å². The summed E-state index contributed by atoms with van der Waals surface area (Å²) in [5, 5.41) is 17.2. The molecule has 178 valence electrons. The first-order valence-electron chi connectivity index (χ1n) is 11.8. The van der Waals surface area contributed by atoms with Gasteiger partial charge in [-0.15, -0.1) is 0 Å². The first kappa shape index (κ1) is 23.3. The summed E-state index contributed by atoms with van der Waals surface area (Å²) >= 11 is 0. The maximum atomic E-state index is 9.26. The molecule has 2 aliphatic carbocycles. The molecule has 33 heavy (non-hydrogen) atoms. The molecule has 3 aromatic rings. The summed E-state index contributed by atoms with van der Waals surface area (Å²) in [6, 6.07) is 4.28. The Morgan fingerprint density at radius 1 is 1.09 bits per heavy atom. The van der Waals surface area contributed by atoms with Crippen molar-refractivity contribution in [1.29, 1.82) is 0 Å². The Balaban J connectivity index is 0.000000183. The summed E-state index contributed by atoms with van der Waals surface area (Å²) in [6.07, 6.45) is 7.53. The second-order valence-electron chi connectivity index (χ2n) is 9.25. The van der Waals surface area contributed by atoms with Gasteiger partial charge in [0.15, 0.2) is 5.58 Å². The third-order valence-corrected chi connectivity index (χ3v) is 6.50. The third kappa shape index (κ3) is 5.93. The molecule has 8 heteroatoms. The zero-order chi connectivity index (χ0) is 23.4. The Labute approximate surface area is 195 Å². The third-order valence-electron chi connectivity index (χ3n) is 6.50. The van der Waals surface area contributed by atoms with Crippen molar-refractivity contribution < 1.29 is 14.3 Å². The van der Waals surface area contributed by atoms with Crippen LogP contribution in [0.1, 0.15) is 49.1 Å². The molecule has 0 aliphatic heterocycles. The fourth-order valence-electron chi connectivity index (χ4n) is 4.18. The van der Waals surface area contributed by atoms with Gasteiger partial charge < -0.3 is 24.9 Å². The van der Waals surface area contributed by atoms with Crippen molar-refractivity contribution in [1.82, 2.24) is 15.0 Å². The molecule has 2 unspecified atom stereocenters. The van der Waals surface area contributed by atoms with Crippen LogP contribution in [0.25, 0.3) is 11.0 Å². The van der Waals surface area contributed by atoms with E-state index in [1.54, 1.807) is 13.4 Å². The molecule has 0 spiro atoms. The molecule has 0 bridgehead atoms. The zero-order valence-corrected chi connectivity index (χ0v) is 20.0. The molecule has 5 rings (SSSR count). The average Bonchev–Trinajstić information content (AvgIpc) is 3.32. The molecule has 2 aliphatic rings. The highest BCUT2D eigenvalue weighted by Crippen LogP contribution is 2.30. The van der Waals surface area contributed by atoms with Crippen LogP contribution in [0.5, 0.6) is 5.88 Å². The molecule has 2 fully saturated rings. The predicted molar refractivity (Wildman–Crippen MR) is 130 cm³/mol. The summed E-state index contributed by atoms with van der Waals surface area (Å²) in [7, 11) is 1.59. The second-order valence-corrected chi connectivity index (χ2v) is 9.25. The van der Waals surface area contributed by atoms with E-state index < -0.39 is 0 Å². The van der Waals surface area contributed by atoms with Gasteiger partial charge in [0, 0.05) is 41.5 Å². The number of aromatic nitrogens is 3. The molecule has 0 radical (unpaired) electrons. The number of nitrogens with one attached hydrogen (secondary N) is 2. The van der Waals surface area contributed by atoms with E-state index in [1.807, 2.05) is 26.0 Å². The van der Waals surface area contributed by atoms with Gasteiger partial charge in [0.1, 0.15) is 5.82 Å². The number of ether oxygens (including phenoxy) is 1.